The molecule has 1 aromatic carbocycles. The average molecular weight is 278 g/mol. The Bertz CT molecular complexity index is 578. The van der Waals surface area contributed by atoms with Gasteiger partial charge in [-0.2, -0.15) is 0 Å². The molecule has 0 amide bonds. The number of aromatic nitrogens is 1. The first-order chi connectivity index (χ1) is 9.76. The SMILES string of the molecule is CNCCCc1c[nH]c2cc(OC)c(OC)c(OC)c12. The highest BCUT2D eigenvalue weighted by atomic mass is 16.5. The van der Waals surface area contributed by atoms with Crippen molar-refractivity contribution >= 4 is 10.9 Å². The van der Waals surface area contributed by atoms with Crippen LogP contribution in [0.25, 0.3) is 10.9 Å². The van der Waals surface area contributed by atoms with Crippen LogP contribution in [0.3, 0.4) is 0 Å². The fraction of sp³-hybridized carbons (Fsp3) is 0.467. The zero-order valence-corrected chi connectivity index (χ0v) is 12.5. The van der Waals surface area contributed by atoms with Crippen LogP contribution in [0, 0.1) is 0 Å². The van der Waals surface area contributed by atoms with E-state index in [4.69, 9.17) is 14.2 Å². The van der Waals surface area contributed by atoms with Crippen LogP contribution in [0.2, 0.25) is 0 Å². The maximum Gasteiger partial charge on any atom is 0.204 e. The van der Waals surface area contributed by atoms with Gasteiger partial charge in [0.15, 0.2) is 11.5 Å². The Morgan fingerprint density at radius 3 is 2.45 bits per heavy atom. The molecule has 0 saturated heterocycles. The van der Waals surface area contributed by atoms with E-state index in [1.807, 2.05) is 19.3 Å². The lowest BCUT2D eigenvalue weighted by Crippen LogP contribution is -2.08. The third kappa shape index (κ3) is 2.54. The Hall–Kier alpha value is -1.88. The summed E-state index contributed by atoms with van der Waals surface area (Å²) in [4.78, 5) is 3.28. The quantitative estimate of drug-likeness (QED) is 0.763. The largest absolute Gasteiger partial charge is 0.493 e. The minimum atomic E-state index is 0.636. The summed E-state index contributed by atoms with van der Waals surface area (Å²) in [7, 11) is 6.87. The molecule has 1 aromatic heterocycles. The van der Waals surface area contributed by atoms with Gasteiger partial charge in [-0.1, -0.05) is 0 Å². The number of methoxy groups -OCH3 is 3. The van der Waals surface area contributed by atoms with Gasteiger partial charge in [-0.25, -0.2) is 0 Å². The fourth-order valence-corrected chi connectivity index (χ4v) is 2.48. The zero-order valence-electron chi connectivity index (χ0n) is 12.5. The standard InChI is InChI=1S/C15H22N2O3/c1-16-7-5-6-10-9-17-11-8-12(18-2)14(19-3)15(20-4)13(10)11/h8-9,16-17H,5-7H2,1-4H3. The Morgan fingerprint density at radius 1 is 1.10 bits per heavy atom. The van der Waals surface area contributed by atoms with Crippen molar-refractivity contribution in [3.63, 3.8) is 0 Å². The summed E-state index contributed by atoms with van der Waals surface area (Å²) in [5, 5.41) is 4.23. The van der Waals surface area contributed by atoms with Crippen LogP contribution in [0.15, 0.2) is 12.3 Å². The second kappa shape index (κ2) is 6.52. The smallest absolute Gasteiger partial charge is 0.204 e. The topological polar surface area (TPSA) is 55.5 Å². The predicted molar refractivity (Wildman–Crippen MR) is 80.2 cm³/mol. The molecule has 1 heterocycles. The van der Waals surface area contributed by atoms with E-state index in [0.29, 0.717) is 11.5 Å². The van der Waals surface area contributed by atoms with Crippen LogP contribution in [0.5, 0.6) is 17.2 Å². The zero-order chi connectivity index (χ0) is 14.5. The van der Waals surface area contributed by atoms with E-state index in [1.54, 1.807) is 21.3 Å². The van der Waals surface area contributed by atoms with Gasteiger partial charge < -0.3 is 24.5 Å². The second-order valence-electron chi connectivity index (χ2n) is 4.59. The van der Waals surface area contributed by atoms with Gasteiger partial charge in [-0.15, -0.1) is 0 Å². The molecule has 0 unspecified atom stereocenters. The molecule has 110 valence electrons. The maximum atomic E-state index is 5.56. The van der Waals surface area contributed by atoms with Crippen molar-refractivity contribution in [3.05, 3.63) is 17.8 Å². The van der Waals surface area contributed by atoms with E-state index in [-0.39, 0.29) is 0 Å². The van der Waals surface area contributed by atoms with Gasteiger partial charge >= 0.3 is 0 Å². The van der Waals surface area contributed by atoms with Crippen molar-refractivity contribution in [1.82, 2.24) is 10.3 Å². The first-order valence-corrected chi connectivity index (χ1v) is 6.70. The van der Waals surface area contributed by atoms with Gasteiger partial charge in [0.1, 0.15) is 0 Å². The summed E-state index contributed by atoms with van der Waals surface area (Å²) in [5.74, 6) is 2.03. The number of hydrogen-bond acceptors (Lipinski definition) is 4. The van der Waals surface area contributed by atoms with E-state index in [0.717, 1.165) is 36.0 Å². The Kier molecular flexibility index (Phi) is 4.74. The number of nitrogens with one attached hydrogen (secondary N) is 2. The van der Waals surface area contributed by atoms with Crippen LogP contribution >= 0.6 is 0 Å². The van der Waals surface area contributed by atoms with E-state index in [1.165, 1.54) is 5.56 Å². The maximum absolute atomic E-state index is 5.56. The van der Waals surface area contributed by atoms with Crippen molar-refractivity contribution in [3.8, 4) is 17.2 Å². The summed E-state index contributed by atoms with van der Waals surface area (Å²) >= 11 is 0. The molecule has 0 radical (unpaired) electrons. The number of aromatic amines is 1. The highest BCUT2D eigenvalue weighted by molar-refractivity contribution is 5.94. The highest BCUT2D eigenvalue weighted by Crippen LogP contribution is 2.44. The Labute approximate surface area is 119 Å². The lowest BCUT2D eigenvalue weighted by molar-refractivity contribution is 0.327. The number of rotatable bonds is 7. The van der Waals surface area contributed by atoms with Crippen LogP contribution in [-0.4, -0.2) is 39.9 Å². The number of H-pyrrole nitrogens is 1. The molecule has 20 heavy (non-hydrogen) atoms. The molecular formula is C15H22N2O3. The molecule has 5 heteroatoms. The van der Waals surface area contributed by atoms with Crippen molar-refractivity contribution < 1.29 is 14.2 Å². The minimum Gasteiger partial charge on any atom is -0.493 e. The number of ether oxygens (including phenoxy) is 3. The molecule has 0 aliphatic rings. The summed E-state index contributed by atoms with van der Waals surface area (Å²) in [6.07, 6.45) is 4.08. The number of hydrogen-bond donors (Lipinski definition) is 2. The van der Waals surface area contributed by atoms with Gasteiger partial charge in [0.2, 0.25) is 5.75 Å². The molecule has 2 N–H and O–H groups in total. The molecule has 0 aliphatic heterocycles. The van der Waals surface area contributed by atoms with Gasteiger partial charge in [0.25, 0.3) is 0 Å². The molecule has 0 fully saturated rings. The van der Waals surface area contributed by atoms with Gasteiger partial charge in [-0.05, 0) is 32.0 Å². The van der Waals surface area contributed by atoms with E-state index >= 15 is 0 Å². The normalized spacial score (nSPS) is 10.8. The fourth-order valence-electron chi connectivity index (χ4n) is 2.48. The van der Waals surface area contributed by atoms with E-state index in [2.05, 4.69) is 10.3 Å². The molecule has 0 atom stereocenters. The van der Waals surface area contributed by atoms with Gasteiger partial charge in [0, 0.05) is 17.6 Å². The van der Waals surface area contributed by atoms with Crippen molar-refractivity contribution in [1.29, 1.82) is 0 Å². The Balaban J connectivity index is 2.52. The summed E-state index contributed by atoms with van der Waals surface area (Å²) in [6, 6.07) is 1.94. The van der Waals surface area contributed by atoms with Crippen molar-refractivity contribution in [2.24, 2.45) is 0 Å². The van der Waals surface area contributed by atoms with Crippen molar-refractivity contribution in [2.45, 2.75) is 12.8 Å². The molecular weight excluding hydrogens is 256 g/mol. The van der Waals surface area contributed by atoms with Gasteiger partial charge in [-0.3, -0.25) is 0 Å². The molecule has 0 spiro atoms. The number of aryl methyl sites for hydroxylation is 1. The summed E-state index contributed by atoms with van der Waals surface area (Å²) < 4.78 is 16.4. The highest BCUT2D eigenvalue weighted by Gasteiger charge is 2.19. The first-order valence-electron chi connectivity index (χ1n) is 6.70. The molecule has 0 saturated carbocycles. The Morgan fingerprint density at radius 2 is 1.85 bits per heavy atom. The van der Waals surface area contributed by atoms with Crippen LogP contribution in [0.1, 0.15) is 12.0 Å². The lowest BCUT2D eigenvalue weighted by Gasteiger charge is -2.14. The van der Waals surface area contributed by atoms with Crippen LogP contribution in [-0.2, 0) is 6.42 Å². The first kappa shape index (κ1) is 14.5. The monoisotopic (exact) mass is 278 g/mol. The van der Waals surface area contributed by atoms with E-state index in [9.17, 15) is 0 Å². The average Bonchev–Trinajstić information content (AvgIpc) is 2.88. The number of benzene rings is 1. The second-order valence-corrected chi connectivity index (χ2v) is 4.59. The van der Waals surface area contributed by atoms with Crippen LogP contribution in [0.4, 0.5) is 0 Å². The molecule has 0 aliphatic carbocycles. The van der Waals surface area contributed by atoms with Crippen molar-refractivity contribution in [2.75, 3.05) is 34.9 Å². The molecule has 5 nitrogen and oxygen atoms in total. The van der Waals surface area contributed by atoms with Gasteiger partial charge in [0.05, 0.1) is 26.8 Å². The summed E-state index contributed by atoms with van der Waals surface area (Å²) in [6.45, 7) is 0.988. The lowest BCUT2D eigenvalue weighted by atomic mass is 10.1. The predicted octanol–water partition coefficient (Wildman–Crippen LogP) is 2.35. The number of fused-ring (bicyclic) bond motifs is 1. The third-order valence-electron chi connectivity index (χ3n) is 3.43. The summed E-state index contributed by atoms with van der Waals surface area (Å²) in [5.41, 5.74) is 2.23. The third-order valence-corrected chi connectivity index (χ3v) is 3.43. The minimum absolute atomic E-state index is 0.636. The molecule has 0 bridgehead atoms. The molecule has 2 rings (SSSR count). The van der Waals surface area contributed by atoms with Crippen LogP contribution < -0.4 is 19.5 Å². The molecule has 2 aromatic rings. The van der Waals surface area contributed by atoms with E-state index < -0.39 is 0 Å².